The van der Waals surface area contributed by atoms with Crippen LogP contribution in [0.25, 0.3) is 0 Å². The smallest absolute Gasteiger partial charge is 0.254 e. The van der Waals surface area contributed by atoms with E-state index < -0.39 is 17.8 Å². The Bertz CT molecular complexity index is 1190. The summed E-state index contributed by atoms with van der Waals surface area (Å²) in [6, 6.07) is 12.1. The van der Waals surface area contributed by atoms with Crippen LogP contribution in [0, 0.1) is 5.82 Å². The first-order valence-corrected chi connectivity index (χ1v) is 10.4. The molecular formula is C25H24FN3O4. The zero-order valence-electron chi connectivity index (χ0n) is 18.5. The summed E-state index contributed by atoms with van der Waals surface area (Å²) in [5.74, 6) is -1.30. The van der Waals surface area contributed by atoms with E-state index in [1.54, 1.807) is 55.8 Å². The van der Waals surface area contributed by atoms with Crippen molar-refractivity contribution in [2.24, 2.45) is 0 Å². The standard InChI is InChI=1S/C25H24FN3O4/c1-29-23(16-8-4-5-9-19(16)26)22(24(30)28-14-15-7-6-10-27-13-15)17-11-20(32-2)21(33-3)12-18(17)25(29)31/h4-13,22-23H,14H2,1-3H3,(H,28,30). The molecule has 2 amide bonds. The molecule has 2 aromatic carbocycles. The van der Waals surface area contributed by atoms with E-state index in [0.717, 1.165) is 5.56 Å². The highest BCUT2D eigenvalue weighted by atomic mass is 19.1. The van der Waals surface area contributed by atoms with Crippen molar-refractivity contribution in [3.8, 4) is 11.5 Å². The second-order valence-electron chi connectivity index (χ2n) is 7.73. The lowest BCUT2D eigenvalue weighted by Gasteiger charge is -2.40. The van der Waals surface area contributed by atoms with Crippen molar-refractivity contribution in [3.05, 3.63) is 89.0 Å². The van der Waals surface area contributed by atoms with Gasteiger partial charge in [0.2, 0.25) is 5.91 Å². The Labute approximate surface area is 191 Å². The number of methoxy groups -OCH3 is 2. The molecule has 1 aromatic heterocycles. The van der Waals surface area contributed by atoms with Crippen LogP contribution >= 0.6 is 0 Å². The topological polar surface area (TPSA) is 80.8 Å². The minimum atomic E-state index is -0.879. The highest BCUT2D eigenvalue weighted by Gasteiger charge is 2.44. The Balaban J connectivity index is 1.83. The molecule has 3 aromatic rings. The molecular weight excluding hydrogens is 425 g/mol. The Hall–Kier alpha value is -3.94. The summed E-state index contributed by atoms with van der Waals surface area (Å²) < 4.78 is 25.7. The van der Waals surface area contributed by atoms with Crippen molar-refractivity contribution in [1.82, 2.24) is 15.2 Å². The third-order valence-corrected chi connectivity index (χ3v) is 5.87. The number of rotatable bonds is 6. The normalized spacial score (nSPS) is 17.3. The highest BCUT2D eigenvalue weighted by Crippen LogP contribution is 2.46. The number of likely N-dealkylation sites (N-methyl/N-ethyl adjacent to an activating group) is 1. The Kier molecular flexibility index (Phi) is 6.26. The Morgan fingerprint density at radius 2 is 1.82 bits per heavy atom. The van der Waals surface area contributed by atoms with Crippen LogP contribution in [-0.2, 0) is 11.3 Å². The van der Waals surface area contributed by atoms with Crippen molar-refractivity contribution in [1.29, 1.82) is 0 Å². The number of hydrogen-bond donors (Lipinski definition) is 1. The third kappa shape index (κ3) is 4.11. The maximum absolute atomic E-state index is 14.9. The van der Waals surface area contributed by atoms with E-state index in [1.807, 2.05) is 6.07 Å². The molecule has 0 spiro atoms. The van der Waals surface area contributed by atoms with E-state index in [0.29, 0.717) is 22.6 Å². The molecule has 1 aliphatic rings. The minimum Gasteiger partial charge on any atom is -0.493 e. The summed E-state index contributed by atoms with van der Waals surface area (Å²) >= 11 is 0. The fourth-order valence-corrected chi connectivity index (χ4v) is 4.24. The number of amides is 2. The van der Waals surface area contributed by atoms with Crippen molar-refractivity contribution < 1.29 is 23.5 Å². The van der Waals surface area contributed by atoms with Crippen molar-refractivity contribution in [3.63, 3.8) is 0 Å². The summed E-state index contributed by atoms with van der Waals surface area (Å²) in [5.41, 5.74) is 1.84. The van der Waals surface area contributed by atoms with Gasteiger partial charge >= 0.3 is 0 Å². The van der Waals surface area contributed by atoms with Crippen LogP contribution in [0.15, 0.2) is 60.9 Å². The molecule has 2 atom stereocenters. The van der Waals surface area contributed by atoms with Gasteiger partial charge in [0.15, 0.2) is 11.5 Å². The van der Waals surface area contributed by atoms with E-state index in [-0.39, 0.29) is 23.9 Å². The van der Waals surface area contributed by atoms with Gasteiger partial charge in [-0.05, 0) is 35.4 Å². The molecule has 33 heavy (non-hydrogen) atoms. The molecule has 0 radical (unpaired) electrons. The van der Waals surface area contributed by atoms with E-state index in [4.69, 9.17) is 9.47 Å². The average Bonchev–Trinajstić information content (AvgIpc) is 2.85. The number of benzene rings is 2. The molecule has 2 unspecified atom stereocenters. The second kappa shape index (κ2) is 9.28. The third-order valence-electron chi connectivity index (χ3n) is 5.87. The summed E-state index contributed by atoms with van der Waals surface area (Å²) in [4.78, 5) is 32.3. The number of aromatic nitrogens is 1. The number of ether oxygens (including phenoxy) is 2. The Morgan fingerprint density at radius 3 is 2.48 bits per heavy atom. The number of fused-ring (bicyclic) bond motifs is 1. The van der Waals surface area contributed by atoms with Crippen LogP contribution in [0.2, 0.25) is 0 Å². The van der Waals surface area contributed by atoms with Gasteiger partial charge < -0.3 is 19.7 Å². The average molecular weight is 449 g/mol. The van der Waals surface area contributed by atoms with Crippen molar-refractivity contribution in [2.75, 3.05) is 21.3 Å². The molecule has 7 nitrogen and oxygen atoms in total. The van der Waals surface area contributed by atoms with Crippen LogP contribution in [0.3, 0.4) is 0 Å². The van der Waals surface area contributed by atoms with Gasteiger partial charge in [-0.15, -0.1) is 0 Å². The number of nitrogens with zero attached hydrogens (tertiary/aromatic N) is 2. The predicted octanol–water partition coefficient (Wildman–Crippen LogP) is 3.46. The second-order valence-corrected chi connectivity index (χ2v) is 7.73. The number of carbonyl (C=O) groups excluding carboxylic acids is 2. The lowest BCUT2D eigenvalue weighted by molar-refractivity contribution is -0.124. The monoisotopic (exact) mass is 449 g/mol. The summed E-state index contributed by atoms with van der Waals surface area (Å²) in [6.07, 6.45) is 3.31. The van der Waals surface area contributed by atoms with Gasteiger partial charge in [-0.2, -0.15) is 0 Å². The summed E-state index contributed by atoms with van der Waals surface area (Å²) in [7, 11) is 4.52. The number of pyridine rings is 1. The van der Waals surface area contributed by atoms with Crippen LogP contribution in [0.4, 0.5) is 4.39 Å². The Morgan fingerprint density at radius 1 is 1.09 bits per heavy atom. The number of carbonyl (C=O) groups is 2. The van der Waals surface area contributed by atoms with Crippen LogP contribution in [0.1, 0.15) is 39.0 Å². The maximum Gasteiger partial charge on any atom is 0.254 e. The SMILES string of the molecule is COc1cc2c(cc1OC)C(C(=O)NCc1cccnc1)C(c1ccccc1F)N(C)C2=O. The summed E-state index contributed by atoms with van der Waals surface area (Å²) in [6.45, 7) is 0.244. The molecule has 1 aliphatic heterocycles. The molecule has 170 valence electrons. The largest absolute Gasteiger partial charge is 0.493 e. The van der Waals surface area contributed by atoms with Crippen molar-refractivity contribution in [2.45, 2.75) is 18.5 Å². The van der Waals surface area contributed by atoms with E-state index in [1.165, 1.54) is 25.2 Å². The lowest BCUT2D eigenvalue weighted by Crippen LogP contribution is -2.45. The number of nitrogens with one attached hydrogen (secondary N) is 1. The molecule has 0 saturated carbocycles. The quantitative estimate of drug-likeness (QED) is 0.623. The highest BCUT2D eigenvalue weighted by molar-refractivity contribution is 6.02. The molecule has 0 fully saturated rings. The first kappa shape index (κ1) is 22.3. The maximum atomic E-state index is 14.9. The van der Waals surface area contributed by atoms with Crippen LogP contribution < -0.4 is 14.8 Å². The van der Waals surface area contributed by atoms with Gasteiger partial charge in [0.05, 0.1) is 26.2 Å². The van der Waals surface area contributed by atoms with Crippen molar-refractivity contribution >= 4 is 11.8 Å². The zero-order valence-corrected chi connectivity index (χ0v) is 18.5. The molecule has 0 bridgehead atoms. The zero-order chi connectivity index (χ0) is 23.5. The minimum absolute atomic E-state index is 0.244. The molecule has 4 rings (SSSR count). The first-order valence-electron chi connectivity index (χ1n) is 10.4. The van der Waals surface area contributed by atoms with Gasteiger partial charge in [-0.1, -0.05) is 24.3 Å². The molecule has 1 N–H and O–H groups in total. The lowest BCUT2D eigenvalue weighted by atomic mass is 9.79. The molecule has 0 aliphatic carbocycles. The fraction of sp³-hybridized carbons (Fsp3) is 0.240. The number of hydrogen-bond acceptors (Lipinski definition) is 5. The van der Waals surface area contributed by atoms with Gasteiger partial charge in [0.25, 0.3) is 5.91 Å². The number of halogens is 1. The van der Waals surface area contributed by atoms with Gasteiger partial charge in [0, 0.05) is 37.1 Å². The van der Waals surface area contributed by atoms with Gasteiger partial charge in [0.1, 0.15) is 5.82 Å². The van der Waals surface area contributed by atoms with E-state index >= 15 is 0 Å². The molecule has 8 heteroatoms. The van der Waals surface area contributed by atoms with E-state index in [2.05, 4.69) is 10.3 Å². The molecule has 2 heterocycles. The van der Waals surface area contributed by atoms with Crippen LogP contribution in [-0.4, -0.2) is 43.0 Å². The summed E-state index contributed by atoms with van der Waals surface area (Å²) in [5, 5.41) is 2.92. The van der Waals surface area contributed by atoms with Crippen LogP contribution in [0.5, 0.6) is 11.5 Å². The fourth-order valence-electron chi connectivity index (χ4n) is 4.24. The first-order chi connectivity index (χ1) is 16.0. The predicted molar refractivity (Wildman–Crippen MR) is 120 cm³/mol. The van der Waals surface area contributed by atoms with Gasteiger partial charge in [-0.25, -0.2) is 4.39 Å². The van der Waals surface area contributed by atoms with E-state index in [9.17, 15) is 14.0 Å². The van der Waals surface area contributed by atoms with Gasteiger partial charge in [-0.3, -0.25) is 14.6 Å². The molecule has 0 saturated heterocycles.